The molecule has 7 aromatic carbocycles. The van der Waals surface area contributed by atoms with E-state index in [0.717, 1.165) is 0 Å². The first kappa shape index (κ1) is 38.7. The Morgan fingerprint density at radius 1 is 0.452 bits per heavy atom. The first-order chi connectivity index (χ1) is 29.6. The quantitative estimate of drug-likeness (QED) is 0.171. The van der Waals surface area contributed by atoms with E-state index in [4.69, 9.17) is 0 Å². The van der Waals surface area contributed by atoms with E-state index in [1.54, 1.807) is 0 Å². The largest absolute Gasteiger partial charge is 0.310 e. The van der Waals surface area contributed by atoms with E-state index in [0.29, 0.717) is 0 Å². The molecule has 11 rings (SSSR count). The lowest BCUT2D eigenvalue weighted by Gasteiger charge is -2.42. The van der Waals surface area contributed by atoms with E-state index in [2.05, 4.69) is 243 Å². The number of fused-ring (bicyclic) bond motifs is 13. The van der Waals surface area contributed by atoms with Crippen LogP contribution in [0.25, 0.3) is 33.4 Å². The number of nitrogens with zero attached hydrogens (tertiary/aromatic N) is 1. The minimum Gasteiger partial charge on any atom is -0.310 e. The van der Waals surface area contributed by atoms with Crippen LogP contribution in [0.4, 0.5) is 17.1 Å². The molecule has 1 spiro atoms. The van der Waals surface area contributed by atoms with E-state index in [1.807, 2.05) is 0 Å². The molecule has 0 aliphatic heterocycles. The van der Waals surface area contributed by atoms with Crippen molar-refractivity contribution in [3.63, 3.8) is 0 Å². The zero-order valence-electron chi connectivity index (χ0n) is 37.8. The van der Waals surface area contributed by atoms with Gasteiger partial charge >= 0.3 is 0 Å². The fraction of sp³-hybridized carbons (Fsp3) is 0.246. The summed E-state index contributed by atoms with van der Waals surface area (Å²) < 4.78 is 0. The van der Waals surface area contributed by atoms with Gasteiger partial charge in [-0.1, -0.05) is 208 Å². The molecule has 0 saturated heterocycles. The Morgan fingerprint density at radius 3 is 1.69 bits per heavy atom. The van der Waals surface area contributed by atoms with E-state index >= 15 is 0 Å². The Kier molecular flexibility index (Phi) is 8.22. The number of hydrogen-bond acceptors (Lipinski definition) is 1. The van der Waals surface area contributed by atoms with E-state index < -0.39 is 5.41 Å². The van der Waals surface area contributed by atoms with Gasteiger partial charge in [0.05, 0.1) is 11.1 Å². The van der Waals surface area contributed by atoms with Gasteiger partial charge in [0, 0.05) is 33.7 Å². The van der Waals surface area contributed by atoms with E-state index in [9.17, 15) is 0 Å². The van der Waals surface area contributed by atoms with Crippen LogP contribution in [0.3, 0.4) is 0 Å². The topological polar surface area (TPSA) is 3.24 Å². The van der Waals surface area contributed by atoms with Gasteiger partial charge < -0.3 is 4.90 Å². The summed E-state index contributed by atoms with van der Waals surface area (Å²) in [6.45, 7) is 21.5. The highest BCUT2D eigenvalue weighted by Crippen LogP contribution is 2.68. The Hall–Kier alpha value is -6.18. The van der Waals surface area contributed by atoms with Gasteiger partial charge in [-0.3, -0.25) is 0 Å². The van der Waals surface area contributed by atoms with Crippen LogP contribution in [0.1, 0.15) is 101 Å². The molecule has 3 atom stereocenters. The van der Waals surface area contributed by atoms with Crippen LogP contribution < -0.4 is 4.90 Å². The number of hydrogen-bond donors (Lipinski definition) is 0. The Morgan fingerprint density at radius 2 is 1.02 bits per heavy atom. The zero-order chi connectivity index (χ0) is 43.0. The number of para-hydroxylation sites is 1. The van der Waals surface area contributed by atoms with Gasteiger partial charge in [-0.15, -0.1) is 0 Å². The second-order valence-electron chi connectivity index (χ2n) is 21.2. The molecule has 62 heavy (non-hydrogen) atoms. The molecular weight excluding hydrogens is 747 g/mol. The number of anilines is 3. The number of allylic oxidation sites excluding steroid dienone is 4. The van der Waals surface area contributed by atoms with Crippen molar-refractivity contribution in [2.75, 3.05) is 4.90 Å². The van der Waals surface area contributed by atoms with Gasteiger partial charge in [-0.25, -0.2) is 0 Å². The normalized spacial score (nSPS) is 21.1. The highest BCUT2D eigenvalue weighted by atomic mass is 15.1. The van der Waals surface area contributed by atoms with Gasteiger partial charge in [-0.2, -0.15) is 0 Å². The first-order valence-electron chi connectivity index (χ1n) is 22.6. The maximum absolute atomic E-state index is 2.68. The van der Waals surface area contributed by atoms with E-state index in [-0.39, 0.29) is 27.6 Å². The van der Waals surface area contributed by atoms with Crippen molar-refractivity contribution in [3.8, 4) is 33.4 Å². The van der Waals surface area contributed by atoms with Crippen molar-refractivity contribution in [3.05, 3.63) is 220 Å². The molecule has 0 radical (unpaired) electrons. The van der Waals surface area contributed by atoms with Crippen molar-refractivity contribution in [2.24, 2.45) is 11.3 Å². The standard InChI is InChI=1S/C61H57N/c1-57(2,3)40-27-32-51-54(35-40)61(56-36-41(58(4,5)6)33-34-60(51,56)9)50-25-17-14-23-46(50)48-31-29-43(38-53(48)61)62(55-26-18-15-21-44(55)39-19-11-10-12-20-39)42-28-30-47-45-22-13-16-24-49(45)59(7,8)52(47)37-42/h10-38,56H,1-9H3. The van der Waals surface area contributed by atoms with E-state index in [1.165, 1.54) is 95.0 Å². The van der Waals surface area contributed by atoms with Crippen molar-refractivity contribution in [1.82, 2.24) is 0 Å². The SMILES string of the molecule is CC(C)(C)C1=CC2C(C)(C=C1)c1ccc(C(C)(C)C)cc1C21c2ccccc2-c2ccc(N(c3ccc4c(c3)C(C)(C)c3ccccc3-4)c3ccccc3-c3ccccc3)cc21. The highest BCUT2D eigenvalue weighted by Gasteiger charge is 2.62. The van der Waals surface area contributed by atoms with Crippen molar-refractivity contribution >= 4 is 17.1 Å². The van der Waals surface area contributed by atoms with Crippen LogP contribution >= 0.6 is 0 Å². The maximum Gasteiger partial charge on any atom is 0.0541 e. The summed E-state index contributed by atoms with van der Waals surface area (Å²) in [5.41, 5.74) is 21.8. The molecule has 0 N–H and O–H groups in total. The lowest BCUT2D eigenvalue weighted by Crippen LogP contribution is -2.40. The smallest absolute Gasteiger partial charge is 0.0541 e. The molecular formula is C61H57N. The summed E-state index contributed by atoms with van der Waals surface area (Å²) >= 11 is 0. The maximum atomic E-state index is 2.68. The molecule has 0 fully saturated rings. The van der Waals surface area contributed by atoms with Crippen molar-refractivity contribution < 1.29 is 0 Å². The van der Waals surface area contributed by atoms with Gasteiger partial charge in [0.25, 0.3) is 0 Å². The van der Waals surface area contributed by atoms with Gasteiger partial charge in [0.2, 0.25) is 0 Å². The minimum atomic E-state index is -0.416. The Balaban J connectivity index is 1.21. The first-order valence-corrected chi connectivity index (χ1v) is 22.6. The zero-order valence-corrected chi connectivity index (χ0v) is 37.8. The predicted molar refractivity (Wildman–Crippen MR) is 262 cm³/mol. The molecule has 0 heterocycles. The molecule has 4 aliphatic rings. The fourth-order valence-electron chi connectivity index (χ4n) is 11.9. The highest BCUT2D eigenvalue weighted by molar-refractivity contribution is 5.93. The third-order valence-electron chi connectivity index (χ3n) is 15.2. The fourth-order valence-corrected chi connectivity index (χ4v) is 11.9. The molecule has 0 aromatic heterocycles. The molecule has 0 saturated carbocycles. The third kappa shape index (κ3) is 5.33. The molecule has 0 bridgehead atoms. The lowest BCUT2D eigenvalue weighted by atomic mass is 9.59. The van der Waals surface area contributed by atoms with Gasteiger partial charge in [0.15, 0.2) is 0 Å². The number of benzene rings is 7. The number of rotatable bonds is 4. The summed E-state index contributed by atoms with van der Waals surface area (Å²) in [7, 11) is 0. The van der Waals surface area contributed by atoms with Gasteiger partial charge in [0.1, 0.15) is 0 Å². The van der Waals surface area contributed by atoms with Crippen LogP contribution in [0.2, 0.25) is 0 Å². The molecule has 4 aliphatic carbocycles. The van der Waals surface area contributed by atoms with Crippen LogP contribution in [0, 0.1) is 11.3 Å². The molecule has 0 amide bonds. The Labute approximate surface area is 369 Å². The monoisotopic (exact) mass is 803 g/mol. The van der Waals surface area contributed by atoms with Crippen LogP contribution in [-0.4, -0.2) is 0 Å². The third-order valence-corrected chi connectivity index (χ3v) is 15.2. The summed E-state index contributed by atoms with van der Waals surface area (Å²) in [5, 5.41) is 0. The second-order valence-corrected chi connectivity index (χ2v) is 21.2. The summed E-state index contributed by atoms with van der Waals surface area (Å²) in [5.74, 6) is 0.168. The summed E-state index contributed by atoms with van der Waals surface area (Å²) in [6, 6.07) is 60.3. The van der Waals surface area contributed by atoms with Crippen LogP contribution in [0.5, 0.6) is 0 Å². The van der Waals surface area contributed by atoms with Crippen molar-refractivity contribution in [1.29, 1.82) is 0 Å². The Bertz CT molecular complexity index is 3030. The molecule has 1 nitrogen and oxygen atoms in total. The predicted octanol–water partition coefficient (Wildman–Crippen LogP) is 16.2. The molecule has 1 heteroatoms. The van der Waals surface area contributed by atoms with Gasteiger partial charge in [-0.05, 0) is 113 Å². The second kappa shape index (κ2) is 13.2. The van der Waals surface area contributed by atoms with Crippen molar-refractivity contribution in [2.45, 2.75) is 84.0 Å². The summed E-state index contributed by atoms with van der Waals surface area (Å²) in [4.78, 5) is 2.55. The average Bonchev–Trinajstić information content (AvgIpc) is 3.78. The molecule has 7 aromatic rings. The van der Waals surface area contributed by atoms with Crippen LogP contribution in [-0.2, 0) is 21.7 Å². The average molecular weight is 804 g/mol. The van der Waals surface area contributed by atoms with Crippen LogP contribution in [0.15, 0.2) is 182 Å². The lowest BCUT2D eigenvalue weighted by molar-refractivity contribution is 0.359. The minimum absolute atomic E-state index is 0.00507. The molecule has 3 unspecified atom stereocenters. The molecule has 306 valence electrons. The summed E-state index contributed by atoms with van der Waals surface area (Å²) in [6.07, 6.45) is 7.67.